The highest BCUT2D eigenvalue weighted by Crippen LogP contribution is 2.30. The Morgan fingerprint density at radius 1 is 1.30 bits per heavy atom. The summed E-state index contributed by atoms with van der Waals surface area (Å²) in [5.74, 6) is 0.799. The monoisotopic (exact) mass is 385 g/mol. The number of hydrogen-bond donors (Lipinski definition) is 1. The van der Waals surface area contributed by atoms with Crippen LogP contribution in [0.1, 0.15) is 46.0 Å². The molecule has 0 aromatic carbocycles. The van der Waals surface area contributed by atoms with Gasteiger partial charge in [-0.3, -0.25) is 0 Å². The summed E-state index contributed by atoms with van der Waals surface area (Å²) in [4.78, 5) is 13.0. The van der Waals surface area contributed by atoms with Crippen molar-refractivity contribution in [2.45, 2.75) is 52.0 Å². The van der Waals surface area contributed by atoms with E-state index in [1.165, 1.54) is 32.1 Å². The maximum absolute atomic E-state index is 9.10. The van der Waals surface area contributed by atoms with Gasteiger partial charge in [0.15, 0.2) is 0 Å². The lowest BCUT2D eigenvalue weighted by Gasteiger charge is -2.23. The fourth-order valence-electron chi connectivity index (χ4n) is 3.01. The minimum atomic E-state index is -0.606. The number of aromatic nitrogens is 3. The molecule has 0 atom stereocenters. The zero-order valence-electron chi connectivity index (χ0n) is 15.7. The Bertz CT molecular complexity index is 827. The van der Waals surface area contributed by atoms with E-state index in [2.05, 4.69) is 26.3 Å². The molecule has 0 bridgehead atoms. The first kappa shape index (κ1) is 19.4. The highest BCUT2D eigenvalue weighted by atomic mass is 35.5. The Morgan fingerprint density at radius 3 is 2.81 bits per heavy atom. The molecule has 1 saturated carbocycles. The number of anilines is 1. The maximum atomic E-state index is 9.10. The number of nitrogens with zero attached hydrogens (tertiary/aromatic N) is 4. The lowest BCUT2D eigenvalue weighted by atomic mass is 9.95. The summed E-state index contributed by atoms with van der Waals surface area (Å²) >= 11 is 6.36. The molecular weight excluding hydrogens is 362 g/mol. The Morgan fingerprint density at radius 2 is 2.07 bits per heavy atom. The van der Waals surface area contributed by atoms with Gasteiger partial charge in [0, 0.05) is 24.0 Å². The van der Waals surface area contributed by atoms with Gasteiger partial charge in [-0.1, -0.05) is 30.9 Å². The summed E-state index contributed by atoms with van der Waals surface area (Å²) in [5, 5.41) is 13.1. The third-order valence-electron chi connectivity index (χ3n) is 4.59. The summed E-state index contributed by atoms with van der Waals surface area (Å²) in [6.45, 7) is 3.82. The van der Waals surface area contributed by atoms with Gasteiger partial charge in [-0.15, -0.1) is 0 Å². The van der Waals surface area contributed by atoms with Gasteiger partial charge >= 0.3 is 6.01 Å². The van der Waals surface area contributed by atoms with Crippen LogP contribution in [0.25, 0.3) is 11.3 Å². The number of halogens is 1. The van der Waals surface area contributed by atoms with Crippen LogP contribution < -0.4 is 10.1 Å². The van der Waals surface area contributed by atoms with Gasteiger partial charge in [0.25, 0.3) is 0 Å². The average Bonchev–Trinajstić information content (AvgIpc) is 2.69. The van der Waals surface area contributed by atoms with Crippen LogP contribution >= 0.6 is 11.6 Å². The van der Waals surface area contributed by atoms with Crippen molar-refractivity contribution in [3.8, 4) is 23.3 Å². The van der Waals surface area contributed by atoms with Gasteiger partial charge in [0.05, 0.1) is 22.2 Å². The second kappa shape index (κ2) is 8.53. The smallest absolute Gasteiger partial charge is 0.316 e. The van der Waals surface area contributed by atoms with E-state index in [0.29, 0.717) is 16.8 Å². The molecule has 0 unspecified atom stereocenters. The molecule has 0 aliphatic heterocycles. The Labute approximate surface area is 165 Å². The number of nitrogens with one attached hydrogen (secondary N) is 1. The topological polar surface area (TPSA) is 83.7 Å². The van der Waals surface area contributed by atoms with Crippen LogP contribution in [0.3, 0.4) is 0 Å². The molecule has 1 N–H and O–H groups in total. The van der Waals surface area contributed by atoms with E-state index < -0.39 is 5.41 Å². The van der Waals surface area contributed by atoms with Crippen molar-refractivity contribution in [1.29, 1.82) is 5.26 Å². The lowest BCUT2D eigenvalue weighted by molar-refractivity contribution is 0.211. The number of rotatable bonds is 6. The summed E-state index contributed by atoms with van der Waals surface area (Å²) in [6.07, 6.45) is 9.42. The van der Waals surface area contributed by atoms with Gasteiger partial charge in [-0.2, -0.15) is 10.2 Å². The molecule has 1 aliphatic carbocycles. The van der Waals surface area contributed by atoms with Gasteiger partial charge in [-0.25, -0.2) is 9.97 Å². The zero-order valence-corrected chi connectivity index (χ0v) is 16.5. The molecule has 0 saturated heterocycles. The summed E-state index contributed by atoms with van der Waals surface area (Å²) < 4.78 is 5.60. The molecule has 142 valence electrons. The summed E-state index contributed by atoms with van der Waals surface area (Å²) in [7, 11) is 0. The van der Waals surface area contributed by atoms with Crippen LogP contribution in [0.4, 0.5) is 5.82 Å². The normalized spacial score (nSPS) is 15.2. The number of pyridine rings is 1. The summed E-state index contributed by atoms with van der Waals surface area (Å²) in [5.41, 5.74) is 0.829. The van der Waals surface area contributed by atoms with Crippen molar-refractivity contribution in [2.24, 2.45) is 5.41 Å². The maximum Gasteiger partial charge on any atom is 0.316 e. The van der Waals surface area contributed by atoms with E-state index in [0.717, 1.165) is 11.4 Å². The number of ether oxygens (including phenoxy) is 1. The Hall–Kier alpha value is -2.39. The minimum Gasteiger partial charge on any atom is -0.462 e. The van der Waals surface area contributed by atoms with Gasteiger partial charge in [0.2, 0.25) is 0 Å². The largest absolute Gasteiger partial charge is 0.462 e. The SMILES string of the molecule is CC(C)(C#N)COc1nccc(-c2cc(NC3CCCCC3)ncc2Cl)n1. The van der Waals surface area contributed by atoms with Gasteiger partial charge in [0.1, 0.15) is 12.4 Å². The standard InChI is InChI=1S/C20H24ClN5O/c1-20(2,12-22)13-27-19-23-9-8-17(26-19)15-10-18(24-11-16(15)21)25-14-6-4-3-5-7-14/h8-11,14H,3-7,13H2,1-2H3,(H,24,25). The Kier molecular flexibility index (Phi) is 6.12. The van der Waals surface area contributed by atoms with Crippen LogP contribution in [0.2, 0.25) is 5.02 Å². The number of hydrogen-bond acceptors (Lipinski definition) is 6. The molecule has 6 nitrogen and oxygen atoms in total. The fraction of sp³-hybridized carbons (Fsp3) is 0.500. The van der Waals surface area contributed by atoms with Crippen LogP contribution in [0, 0.1) is 16.7 Å². The minimum absolute atomic E-state index is 0.214. The van der Waals surface area contributed by atoms with Gasteiger partial charge < -0.3 is 10.1 Å². The molecular formula is C20H24ClN5O. The molecule has 0 amide bonds. The van der Waals surface area contributed by atoms with Crippen molar-refractivity contribution in [3.05, 3.63) is 29.5 Å². The molecule has 0 spiro atoms. The zero-order chi connectivity index (χ0) is 19.3. The predicted molar refractivity (Wildman–Crippen MR) is 106 cm³/mol. The predicted octanol–water partition coefficient (Wildman–Crippen LogP) is 4.87. The number of nitriles is 1. The van der Waals surface area contributed by atoms with Crippen LogP contribution in [0.15, 0.2) is 24.5 Å². The van der Waals surface area contributed by atoms with Crippen molar-refractivity contribution < 1.29 is 4.74 Å². The highest BCUT2D eigenvalue weighted by molar-refractivity contribution is 6.33. The van der Waals surface area contributed by atoms with E-state index in [1.54, 1.807) is 32.3 Å². The Balaban J connectivity index is 1.78. The molecule has 1 fully saturated rings. The van der Waals surface area contributed by atoms with Crippen molar-refractivity contribution >= 4 is 17.4 Å². The first-order valence-corrected chi connectivity index (χ1v) is 9.64. The quantitative estimate of drug-likeness (QED) is 0.763. The van der Waals surface area contributed by atoms with Crippen LogP contribution in [-0.2, 0) is 0 Å². The first-order valence-electron chi connectivity index (χ1n) is 9.26. The highest BCUT2D eigenvalue weighted by Gasteiger charge is 2.19. The third-order valence-corrected chi connectivity index (χ3v) is 4.89. The fourth-order valence-corrected chi connectivity index (χ4v) is 3.21. The lowest BCUT2D eigenvalue weighted by Crippen LogP contribution is -2.22. The first-order chi connectivity index (χ1) is 13.0. The van der Waals surface area contributed by atoms with Crippen molar-refractivity contribution in [2.75, 3.05) is 11.9 Å². The molecule has 2 heterocycles. The second-order valence-corrected chi connectivity index (χ2v) is 7.94. The van der Waals surface area contributed by atoms with Crippen LogP contribution in [-0.4, -0.2) is 27.6 Å². The average molecular weight is 386 g/mol. The van der Waals surface area contributed by atoms with E-state index >= 15 is 0 Å². The van der Waals surface area contributed by atoms with E-state index in [-0.39, 0.29) is 12.6 Å². The second-order valence-electron chi connectivity index (χ2n) is 7.54. The van der Waals surface area contributed by atoms with Crippen LogP contribution in [0.5, 0.6) is 6.01 Å². The molecule has 1 aliphatic rings. The molecule has 7 heteroatoms. The third kappa shape index (κ3) is 5.30. The van der Waals surface area contributed by atoms with Crippen molar-refractivity contribution in [1.82, 2.24) is 15.0 Å². The van der Waals surface area contributed by atoms with Crippen molar-refractivity contribution in [3.63, 3.8) is 0 Å². The van der Waals surface area contributed by atoms with E-state index in [1.807, 2.05) is 6.07 Å². The molecule has 0 radical (unpaired) electrons. The summed E-state index contributed by atoms with van der Waals surface area (Å²) in [6, 6.07) is 6.58. The molecule has 2 aromatic rings. The van der Waals surface area contributed by atoms with E-state index in [4.69, 9.17) is 21.6 Å². The molecule has 3 rings (SSSR count). The molecule has 27 heavy (non-hydrogen) atoms. The van der Waals surface area contributed by atoms with E-state index in [9.17, 15) is 0 Å². The van der Waals surface area contributed by atoms with Gasteiger partial charge in [-0.05, 0) is 38.8 Å². The molecule has 2 aromatic heterocycles.